The summed E-state index contributed by atoms with van der Waals surface area (Å²) in [5.74, 6) is 0.862. The number of hydrogen-bond donors (Lipinski definition) is 3. The molecule has 1 aromatic heterocycles. The Bertz CT molecular complexity index is 1810. The molecule has 11 heteroatoms. The van der Waals surface area contributed by atoms with Crippen molar-refractivity contribution in [1.29, 1.82) is 0 Å². The van der Waals surface area contributed by atoms with E-state index >= 15 is 0 Å². The molecule has 1 aliphatic rings. The lowest BCUT2D eigenvalue weighted by atomic mass is 9.95. The van der Waals surface area contributed by atoms with Gasteiger partial charge in [0, 0.05) is 36.2 Å². The lowest BCUT2D eigenvalue weighted by molar-refractivity contribution is -0.123. The fraction of sp³-hybridized carbons (Fsp3) is 0.333. The molecule has 0 saturated heterocycles. The van der Waals surface area contributed by atoms with Gasteiger partial charge in [0.1, 0.15) is 11.0 Å². The minimum Gasteiger partial charge on any atom is -0.493 e. The van der Waals surface area contributed by atoms with E-state index in [0.717, 1.165) is 27.3 Å². The first-order valence-corrected chi connectivity index (χ1v) is 16.3. The second-order valence-electron chi connectivity index (χ2n) is 11.7. The number of methoxy groups -OCH3 is 3. The van der Waals surface area contributed by atoms with Gasteiger partial charge in [-0.3, -0.25) is 14.4 Å². The molecule has 0 bridgehead atoms. The highest BCUT2D eigenvalue weighted by Crippen LogP contribution is 2.50. The van der Waals surface area contributed by atoms with Gasteiger partial charge in [0.15, 0.2) is 11.5 Å². The molecule has 47 heavy (non-hydrogen) atoms. The van der Waals surface area contributed by atoms with Crippen LogP contribution in [0.25, 0.3) is 21.7 Å². The number of benzene rings is 2. The summed E-state index contributed by atoms with van der Waals surface area (Å²) in [4.78, 5) is 43.9. The van der Waals surface area contributed by atoms with Crippen LogP contribution in [0.4, 0.5) is 5.69 Å². The number of rotatable bonds is 11. The first kappa shape index (κ1) is 33.5. The molecule has 4 aromatic rings. The number of nitrogens with zero attached hydrogens (tertiary/aromatic N) is 1. The Kier molecular flexibility index (Phi) is 10.5. The van der Waals surface area contributed by atoms with E-state index in [1.807, 2.05) is 55.6 Å². The van der Waals surface area contributed by atoms with Crippen LogP contribution < -0.4 is 35.6 Å². The zero-order valence-corrected chi connectivity index (χ0v) is 28.2. The maximum atomic E-state index is 13.8. The highest BCUT2D eigenvalue weighted by molar-refractivity contribution is 7.13. The van der Waals surface area contributed by atoms with E-state index in [1.165, 1.54) is 6.92 Å². The number of amides is 2. The van der Waals surface area contributed by atoms with Crippen molar-refractivity contribution in [2.45, 2.75) is 52.2 Å². The van der Waals surface area contributed by atoms with Gasteiger partial charge in [0.2, 0.25) is 23.0 Å². The summed E-state index contributed by atoms with van der Waals surface area (Å²) in [6.45, 7) is 5.65. The van der Waals surface area contributed by atoms with Crippen molar-refractivity contribution in [1.82, 2.24) is 15.6 Å². The largest absolute Gasteiger partial charge is 0.493 e. The van der Waals surface area contributed by atoms with Crippen LogP contribution in [0.1, 0.15) is 49.9 Å². The van der Waals surface area contributed by atoms with E-state index < -0.39 is 12.1 Å². The molecule has 0 saturated carbocycles. The summed E-state index contributed by atoms with van der Waals surface area (Å²) in [6, 6.07) is 13.8. The average molecular weight is 657 g/mol. The molecule has 10 nitrogen and oxygen atoms in total. The number of hydrogen-bond acceptors (Lipinski definition) is 9. The lowest BCUT2D eigenvalue weighted by Gasteiger charge is -2.22. The average Bonchev–Trinajstić information content (AvgIpc) is 3.50. The van der Waals surface area contributed by atoms with E-state index in [2.05, 4.69) is 20.9 Å². The Hall–Kier alpha value is -4.90. The minimum absolute atomic E-state index is 0.130. The fourth-order valence-electron chi connectivity index (χ4n) is 5.96. The molecule has 0 spiro atoms. The third kappa shape index (κ3) is 7.25. The molecule has 3 N–H and O–H groups in total. The monoisotopic (exact) mass is 656 g/mol. The predicted octanol–water partition coefficient (Wildman–Crippen LogP) is 5.74. The molecule has 2 amide bonds. The van der Waals surface area contributed by atoms with Crippen LogP contribution in [-0.4, -0.2) is 44.2 Å². The number of fused-ring (bicyclic) bond motifs is 3. The number of carbonyl (C=O) groups excluding carboxylic acids is 2. The molecule has 0 unspecified atom stereocenters. The predicted molar refractivity (Wildman–Crippen MR) is 184 cm³/mol. The van der Waals surface area contributed by atoms with Crippen molar-refractivity contribution in [2.24, 2.45) is 5.92 Å². The molecule has 5 rings (SSSR count). The maximum absolute atomic E-state index is 13.8. The summed E-state index contributed by atoms with van der Waals surface area (Å²) in [5.41, 5.74) is 4.98. The number of aryl methyl sites for hydroxylation is 1. The van der Waals surface area contributed by atoms with Gasteiger partial charge in [-0.25, -0.2) is 4.98 Å². The number of nitrogens with one attached hydrogen (secondary N) is 3. The number of ether oxygens (including phenoxy) is 3. The first-order chi connectivity index (χ1) is 22.6. The normalized spacial score (nSPS) is 14.2. The van der Waals surface area contributed by atoms with Crippen molar-refractivity contribution in [3.63, 3.8) is 0 Å². The molecule has 1 aliphatic carbocycles. The van der Waals surface area contributed by atoms with Crippen LogP contribution >= 0.6 is 11.3 Å². The summed E-state index contributed by atoms with van der Waals surface area (Å²) < 4.78 is 17.2. The van der Waals surface area contributed by atoms with E-state index in [4.69, 9.17) is 14.2 Å². The Balaban J connectivity index is 1.48. The van der Waals surface area contributed by atoms with Gasteiger partial charge in [-0.1, -0.05) is 44.2 Å². The van der Waals surface area contributed by atoms with Crippen molar-refractivity contribution in [3.8, 4) is 38.9 Å². The van der Waals surface area contributed by atoms with Gasteiger partial charge < -0.3 is 30.2 Å². The Morgan fingerprint density at radius 3 is 2.36 bits per heavy atom. The number of anilines is 1. The molecule has 1 heterocycles. The molecular formula is C36H40N4O6S. The quantitative estimate of drug-likeness (QED) is 0.187. The number of carbonyl (C=O) groups is 2. The Morgan fingerprint density at radius 2 is 1.74 bits per heavy atom. The molecule has 246 valence electrons. The highest BCUT2D eigenvalue weighted by atomic mass is 32.1. The van der Waals surface area contributed by atoms with Gasteiger partial charge in [0.05, 0.1) is 33.1 Å². The van der Waals surface area contributed by atoms with E-state index in [0.29, 0.717) is 47.8 Å². The number of thiazole rings is 1. The van der Waals surface area contributed by atoms with Gasteiger partial charge in [0.25, 0.3) is 0 Å². The summed E-state index contributed by atoms with van der Waals surface area (Å²) in [5, 5.41) is 12.1. The summed E-state index contributed by atoms with van der Waals surface area (Å²) >= 11 is 1.57. The second kappa shape index (κ2) is 14.7. The summed E-state index contributed by atoms with van der Waals surface area (Å²) in [6.07, 6.45) is 2.92. The smallest absolute Gasteiger partial charge is 0.243 e. The second-order valence-corrected chi connectivity index (χ2v) is 12.6. The van der Waals surface area contributed by atoms with Crippen LogP contribution in [0.15, 0.2) is 64.9 Å². The van der Waals surface area contributed by atoms with E-state index in [-0.39, 0.29) is 28.8 Å². The van der Waals surface area contributed by atoms with Crippen molar-refractivity contribution in [2.75, 3.05) is 26.6 Å². The third-order valence-electron chi connectivity index (χ3n) is 8.28. The highest BCUT2D eigenvalue weighted by Gasteiger charge is 2.30. The fourth-order valence-corrected chi connectivity index (χ4v) is 6.60. The molecule has 0 radical (unpaired) electrons. The molecular weight excluding hydrogens is 616 g/mol. The van der Waals surface area contributed by atoms with Crippen molar-refractivity contribution >= 4 is 28.8 Å². The standard InChI is InChI=1S/C36H40N4O6S/c1-20(2)32(35(43)38-19-22-7-9-23(10-8-22)36-37-15-16-47-36)40-28-14-12-25-26(18-29(28)42)27(39-21(3)41)13-11-24-17-30(44-4)33(45-5)34(46-6)31(24)25/h7-10,12,14-18,20,27,32H,11,13,19H2,1-6H3,(H,38,43)(H,39,41)(H,40,42)/t27-,32-/m0/s1. The molecule has 0 aliphatic heterocycles. The van der Waals surface area contributed by atoms with Crippen LogP contribution in [-0.2, 0) is 22.6 Å². The summed E-state index contributed by atoms with van der Waals surface area (Å²) in [7, 11) is 4.67. The van der Waals surface area contributed by atoms with Crippen LogP contribution in [0.3, 0.4) is 0 Å². The zero-order chi connectivity index (χ0) is 33.7. The van der Waals surface area contributed by atoms with Crippen LogP contribution in [0.5, 0.6) is 17.2 Å². The maximum Gasteiger partial charge on any atom is 0.243 e. The molecule has 3 aromatic carbocycles. The van der Waals surface area contributed by atoms with Gasteiger partial charge >= 0.3 is 0 Å². The first-order valence-electron chi connectivity index (χ1n) is 15.5. The topological polar surface area (TPSA) is 128 Å². The molecule has 2 atom stereocenters. The molecule has 0 fully saturated rings. The minimum atomic E-state index is -0.684. The Morgan fingerprint density at radius 1 is 1.00 bits per heavy atom. The SMILES string of the molecule is COc1cc2c(c(OC)c1OC)-c1ccc(N[C@H](C(=O)NCc3ccc(-c4nccs4)cc3)C(C)C)c(=O)cc1[C@@H](NC(C)=O)CC2. The van der Waals surface area contributed by atoms with Crippen molar-refractivity contribution < 1.29 is 23.8 Å². The van der Waals surface area contributed by atoms with E-state index in [9.17, 15) is 14.4 Å². The van der Waals surface area contributed by atoms with Gasteiger partial charge in [-0.05, 0) is 59.2 Å². The zero-order valence-electron chi connectivity index (χ0n) is 27.4. The van der Waals surface area contributed by atoms with Crippen LogP contribution in [0, 0.1) is 5.92 Å². The lowest BCUT2D eigenvalue weighted by Crippen LogP contribution is -2.43. The Labute approximate surface area is 278 Å². The van der Waals surface area contributed by atoms with Crippen LogP contribution in [0.2, 0.25) is 0 Å². The number of aromatic nitrogens is 1. The van der Waals surface area contributed by atoms with E-state index in [1.54, 1.807) is 51.0 Å². The van der Waals surface area contributed by atoms with Gasteiger partial charge in [-0.15, -0.1) is 11.3 Å². The van der Waals surface area contributed by atoms with Crippen molar-refractivity contribution in [3.05, 3.63) is 87.0 Å². The van der Waals surface area contributed by atoms with Gasteiger partial charge in [-0.2, -0.15) is 0 Å². The third-order valence-corrected chi connectivity index (χ3v) is 9.10.